The summed E-state index contributed by atoms with van der Waals surface area (Å²) >= 11 is 0. The van der Waals surface area contributed by atoms with E-state index in [-0.39, 0.29) is 0 Å². The number of aryl methyl sites for hydroxylation is 2. The molecule has 0 unspecified atom stereocenters. The zero-order valence-electron chi connectivity index (χ0n) is 13.1. The highest BCUT2D eigenvalue weighted by atomic mass is 16.5. The summed E-state index contributed by atoms with van der Waals surface area (Å²) in [4.78, 5) is 0. The van der Waals surface area contributed by atoms with Crippen LogP contribution < -0.4 is 9.47 Å². The van der Waals surface area contributed by atoms with Crippen LogP contribution in [-0.2, 0) is 0 Å². The van der Waals surface area contributed by atoms with Gasteiger partial charge in [-0.2, -0.15) is 0 Å². The molecule has 3 rings (SSSR count). The fraction of sp³-hybridized carbons (Fsp3) is 0.235. The second kappa shape index (κ2) is 6.91. The molecule has 0 aliphatic rings. The molecule has 1 heterocycles. The Morgan fingerprint density at radius 1 is 0.957 bits per heavy atom. The highest BCUT2D eigenvalue weighted by Crippen LogP contribution is 2.19. The Labute approximate surface area is 134 Å². The van der Waals surface area contributed by atoms with Gasteiger partial charge >= 0.3 is 0 Å². The van der Waals surface area contributed by atoms with E-state index in [1.807, 2.05) is 37.3 Å². The maximum Gasteiger partial charge on any atom is 0.143 e. The second-order valence-corrected chi connectivity index (χ2v) is 5.21. The van der Waals surface area contributed by atoms with Crippen LogP contribution in [0.4, 0.5) is 0 Å². The molecular formula is C17H18N4O2. The van der Waals surface area contributed by atoms with Crippen LogP contribution in [0.2, 0.25) is 0 Å². The third-order valence-electron chi connectivity index (χ3n) is 3.40. The van der Waals surface area contributed by atoms with Crippen molar-refractivity contribution in [2.24, 2.45) is 0 Å². The molecule has 0 aliphatic heterocycles. The predicted octanol–water partition coefficient (Wildman–Crippen LogP) is 2.74. The van der Waals surface area contributed by atoms with Crippen molar-refractivity contribution in [3.63, 3.8) is 0 Å². The first-order chi connectivity index (χ1) is 11.2. The second-order valence-electron chi connectivity index (χ2n) is 5.21. The maximum atomic E-state index is 5.77. The number of benzene rings is 2. The van der Waals surface area contributed by atoms with E-state index in [2.05, 4.69) is 34.6 Å². The summed E-state index contributed by atoms with van der Waals surface area (Å²) in [5, 5.41) is 11.1. The van der Waals surface area contributed by atoms with Gasteiger partial charge in [0.25, 0.3) is 0 Å². The van der Waals surface area contributed by atoms with E-state index in [4.69, 9.17) is 9.47 Å². The van der Waals surface area contributed by atoms with Gasteiger partial charge in [-0.25, -0.2) is 4.68 Å². The molecule has 0 saturated heterocycles. The highest BCUT2D eigenvalue weighted by Gasteiger charge is 2.01. The minimum atomic E-state index is 0.484. The molecule has 6 heteroatoms. The molecule has 118 valence electrons. The van der Waals surface area contributed by atoms with Crippen molar-refractivity contribution in [2.45, 2.75) is 13.8 Å². The van der Waals surface area contributed by atoms with Gasteiger partial charge < -0.3 is 9.47 Å². The first-order valence-corrected chi connectivity index (χ1v) is 7.39. The van der Waals surface area contributed by atoms with Crippen LogP contribution in [0.1, 0.15) is 11.1 Å². The van der Waals surface area contributed by atoms with E-state index in [0.717, 1.165) is 22.7 Å². The lowest BCUT2D eigenvalue weighted by atomic mass is 10.1. The average molecular weight is 310 g/mol. The van der Waals surface area contributed by atoms with Crippen LogP contribution >= 0.6 is 0 Å². The monoisotopic (exact) mass is 310 g/mol. The van der Waals surface area contributed by atoms with E-state index in [1.165, 1.54) is 5.56 Å². The van der Waals surface area contributed by atoms with Crippen LogP contribution in [-0.4, -0.2) is 33.4 Å². The van der Waals surface area contributed by atoms with Crippen LogP contribution in [0.3, 0.4) is 0 Å². The molecule has 0 bridgehead atoms. The molecule has 0 spiro atoms. The largest absolute Gasteiger partial charge is 0.490 e. The summed E-state index contributed by atoms with van der Waals surface area (Å²) in [7, 11) is 0. The fourth-order valence-corrected chi connectivity index (χ4v) is 2.15. The minimum Gasteiger partial charge on any atom is -0.490 e. The van der Waals surface area contributed by atoms with E-state index in [0.29, 0.717) is 13.2 Å². The van der Waals surface area contributed by atoms with Gasteiger partial charge in [-0.1, -0.05) is 12.1 Å². The van der Waals surface area contributed by atoms with E-state index >= 15 is 0 Å². The molecular weight excluding hydrogens is 292 g/mol. The van der Waals surface area contributed by atoms with Crippen molar-refractivity contribution in [2.75, 3.05) is 13.2 Å². The van der Waals surface area contributed by atoms with Crippen LogP contribution in [0.15, 0.2) is 48.8 Å². The molecule has 23 heavy (non-hydrogen) atoms. The van der Waals surface area contributed by atoms with Crippen LogP contribution in [0.5, 0.6) is 11.5 Å². The highest BCUT2D eigenvalue weighted by molar-refractivity contribution is 5.37. The number of tetrazole rings is 1. The number of hydrogen-bond acceptors (Lipinski definition) is 5. The molecule has 6 nitrogen and oxygen atoms in total. The molecule has 3 aromatic rings. The Balaban J connectivity index is 1.50. The number of rotatable bonds is 6. The topological polar surface area (TPSA) is 62.1 Å². The Morgan fingerprint density at radius 2 is 1.74 bits per heavy atom. The Morgan fingerprint density at radius 3 is 2.48 bits per heavy atom. The SMILES string of the molecule is Cc1ccc(C)c(OCCOc2ccc(-n3cnnn3)cc2)c1. The van der Waals surface area contributed by atoms with Gasteiger partial charge in [0.1, 0.15) is 31.0 Å². The van der Waals surface area contributed by atoms with Gasteiger partial charge in [-0.15, -0.1) is 5.10 Å². The number of aromatic nitrogens is 4. The molecule has 0 N–H and O–H groups in total. The van der Waals surface area contributed by atoms with Crippen molar-refractivity contribution in [3.8, 4) is 17.2 Å². The van der Waals surface area contributed by atoms with Gasteiger partial charge in [-0.3, -0.25) is 0 Å². The van der Waals surface area contributed by atoms with Crippen molar-refractivity contribution >= 4 is 0 Å². The van der Waals surface area contributed by atoms with Gasteiger partial charge in [-0.05, 0) is 65.7 Å². The molecule has 2 aromatic carbocycles. The van der Waals surface area contributed by atoms with Crippen molar-refractivity contribution < 1.29 is 9.47 Å². The van der Waals surface area contributed by atoms with Gasteiger partial charge in [0.2, 0.25) is 0 Å². The van der Waals surface area contributed by atoms with Gasteiger partial charge in [0.05, 0.1) is 5.69 Å². The summed E-state index contributed by atoms with van der Waals surface area (Å²) in [6, 6.07) is 13.7. The van der Waals surface area contributed by atoms with Gasteiger partial charge in [0.15, 0.2) is 0 Å². The summed E-state index contributed by atoms with van der Waals surface area (Å²) in [5.74, 6) is 1.69. The molecule has 0 fully saturated rings. The van der Waals surface area contributed by atoms with Crippen molar-refractivity contribution in [3.05, 3.63) is 59.9 Å². The first-order valence-electron chi connectivity index (χ1n) is 7.39. The molecule has 0 amide bonds. The van der Waals surface area contributed by atoms with Crippen LogP contribution in [0, 0.1) is 13.8 Å². The summed E-state index contributed by atoms with van der Waals surface area (Å²) in [6.07, 6.45) is 1.55. The van der Waals surface area contributed by atoms with Crippen molar-refractivity contribution in [1.82, 2.24) is 20.2 Å². The molecule has 0 atom stereocenters. The fourth-order valence-electron chi connectivity index (χ4n) is 2.15. The third kappa shape index (κ3) is 3.85. The summed E-state index contributed by atoms with van der Waals surface area (Å²) in [6.45, 7) is 5.07. The van der Waals surface area contributed by atoms with Gasteiger partial charge in [0, 0.05) is 0 Å². The molecule has 0 saturated carbocycles. The minimum absolute atomic E-state index is 0.484. The zero-order chi connectivity index (χ0) is 16.1. The predicted molar refractivity (Wildman–Crippen MR) is 86.1 cm³/mol. The Hall–Kier alpha value is -2.89. The van der Waals surface area contributed by atoms with E-state index in [1.54, 1.807) is 11.0 Å². The van der Waals surface area contributed by atoms with Crippen molar-refractivity contribution in [1.29, 1.82) is 0 Å². The summed E-state index contributed by atoms with van der Waals surface area (Å²) in [5.41, 5.74) is 3.19. The summed E-state index contributed by atoms with van der Waals surface area (Å²) < 4.78 is 13.0. The molecule has 0 radical (unpaired) electrons. The lowest BCUT2D eigenvalue weighted by Crippen LogP contribution is -2.09. The number of ether oxygens (including phenoxy) is 2. The quantitative estimate of drug-likeness (QED) is 0.655. The number of hydrogen-bond donors (Lipinski definition) is 0. The van der Waals surface area contributed by atoms with E-state index in [9.17, 15) is 0 Å². The zero-order valence-corrected chi connectivity index (χ0v) is 13.1. The molecule has 1 aromatic heterocycles. The lowest BCUT2D eigenvalue weighted by molar-refractivity contribution is 0.216. The number of nitrogens with zero attached hydrogens (tertiary/aromatic N) is 4. The normalized spacial score (nSPS) is 10.5. The maximum absolute atomic E-state index is 5.77. The standard InChI is InChI=1S/C17H18N4O2/c1-13-3-4-14(2)17(11-13)23-10-9-22-16-7-5-15(6-8-16)21-12-18-19-20-21/h3-8,11-12H,9-10H2,1-2H3. The molecule has 0 aliphatic carbocycles. The lowest BCUT2D eigenvalue weighted by Gasteiger charge is -2.11. The van der Waals surface area contributed by atoms with Crippen LogP contribution in [0.25, 0.3) is 5.69 Å². The third-order valence-corrected chi connectivity index (χ3v) is 3.40. The smallest absolute Gasteiger partial charge is 0.143 e. The average Bonchev–Trinajstić information content (AvgIpc) is 3.10. The Bertz CT molecular complexity index is 755. The van der Waals surface area contributed by atoms with E-state index < -0.39 is 0 Å². The first kappa shape index (κ1) is 15.0. The Kier molecular flexibility index (Phi) is 4.52.